The lowest BCUT2D eigenvalue weighted by atomic mass is 10.2. The molecule has 3 N–H and O–H groups in total. The molecule has 3 rings (SSSR count). The van der Waals surface area contributed by atoms with E-state index in [4.69, 9.17) is 22.2 Å². The van der Waals surface area contributed by atoms with Crippen molar-refractivity contribution in [2.45, 2.75) is 0 Å². The topological polar surface area (TPSA) is 73.1 Å². The number of fused-ring (bicyclic) bond motifs is 1. The van der Waals surface area contributed by atoms with Crippen molar-refractivity contribution in [1.82, 2.24) is 9.97 Å². The highest BCUT2D eigenvalue weighted by molar-refractivity contribution is 6.32. The van der Waals surface area contributed by atoms with Gasteiger partial charge in [0.15, 0.2) is 0 Å². The van der Waals surface area contributed by atoms with Gasteiger partial charge in [0.25, 0.3) is 0 Å². The van der Waals surface area contributed by atoms with Gasteiger partial charge in [-0.1, -0.05) is 23.7 Å². The maximum atomic E-state index is 13.1. The maximum absolute atomic E-state index is 13.1. The van der Waals surface area contributed by atoms with Gasteiger partial charge in [-0.15, -0.1) is 0 Å². The normalized spacial score (nSPS) is 10.6. The summed E-state index contributed by atoms with van der Waals surface area (Å²) in [6.45, 7) is 0. The standard InChI is InChI=1S/C14H10ClFN4O/c15-10-7-8(16)5-6-12(10)21-13-9-3-1-2-4-11(9)18-14(19-13)20-17/h1-7H,17H2,(H,18,19,20). The third-order valence-corrected chi connectivity index (χ3v) is 3.09. The quantitative estimate of drug-likeness (QED) is 0.572. The van der Waals surface area contributed by atoms with Crippen molar-refractivity contribution in [3.05, 3.63) is 53.3 Å². The average molecular weight is 305 g/mol. The number of aromatic nitrogens is 2. The van der Waals surface area contributed by atoms with Crippen LogP contribution in [0.25, 0.3) is 10.9 Å². The molecule has 2 aromatic carbocycles. The first-order valence-electron chi connectivity index (χ1n) is 6.03. The number of nitrogens with one attached hydrogen (secondary N) is 1. The number of hydrazine groups is 1. The molecule has 0 atom stereocenters. The molecule has 1 aromatic heterocycles. The van der Waals surface area contributed by atoms with Crippen molar-refractivity contribution in [3.63, 3.8) is 0 Å². The number of rotatable bonds is 3. The highest BCUT2D eigenvalue weighted by atomic mass is 35.5. The number of nitrogens with two attached hydrogens (primary N) is 1. The first-order chi connectivity index (χ1) is 10.2. The number of benzene rings is 2. The Kier molecular flexibility index (Phi) is 3.55. The Morgan fingerprint density at radius 2 is 1.95 bits per heavy atom. The van der Waals surface area contributed by atoms with Gasteiger partial charge in [-0.25, -0.2) is 15.2 Å². The second-order valence-electron chi connectivity index (χ2n) is 4.19. The number of hydrogen-bond donors (Lipinski definition) is 2. The molecule has 21 heavy (non-hydrogen) atoms. The SMILES string of the molecule is NNc1nc(Oc2ccc(F)cc2Cl)c2ccccc2n1. The smallest absolute Gasteiger partial charge is 0.241 e. The summed E-state index contributed by atoms with van der Waals surface area (Å²) >= 11 is 5.96. The van der Waals surface area contributed by atoms with Crippen molar-refractivity contribution in [1.29, 1.82) is 0 Å². The lowest BCUT2D eigenvalue weighted by Gasteiger charge is -2.10. The highest BCUT2D eigenvalue weighted by Crippen LogP contribution is 2.32. The summed E-state index contributed by atoms with van der Waals surface area (Å²) in [5, 5.41) is 0.844. The molecule has 0 saturated heterocycles. The van der Waals surface area contributed by atoms with Crippen LogP contribution in [0.5, 0.6) is 11.6 Å². The zero-order valence-electron chi connectivity index (χ0n) is 10.7. The molecule has 5 nitrogen and oxygen atoms in total. The molecule has 0 amide bonds. The number of para-hydroxylation sites is 1. The van der Waals surface area contributed by atoms with Crippen LogP contribution >= 0.6 is 11.6 Å². The number of hydrogen-bond acceptors (Lipinski definition) is 5. The predicted octanol–water partition coefficient (Wildman–Crippen LogP) is 3.50. The molecule has 0 unspecified atom stereocenters. The molecule has 0 saturated carbocycles. The van der Waals surface area contributed by atoms with Gasteiger partial charge in [0.1, 0.15) is 11.6 Å². The van der Waals surface area contributed by atoms with Gasteiger partial charge in [-0.3, -0.25) is 5.43 Å². The van der Waals surface area contributed by atoms with Crippen LogP contribution in [0.2, 0.25) is 5.02 Å². The number of anilines is 1. The Morgan fingerprint density at radius 1 is 1.14 bits per heavy atom. The van der Waals surface area contributed by atoms with Gasteiger partial charge in [0.2, 0.25) is 11.8 Å². The number of ether oxygens (including phenoxy) is 1. The van der Waals surface area contributed by atoms with Crippen LogP contribution in [0.3, 0.4) is 0 Å². The Bertz CT molecular complexity index is 812. The summed E-state index contributed by atoms with van der Waals surface area (Å²) in [5.74, 6) is 5.69. The number of nitrogen functional groups attached to an aromatic ring is 1. The molecule has 0 aliphatic heterocycles. The van der Waals surface area contributed by atoms with E-state index in [0.717, 1.165) is 0 Å². The maximum Gasteiger partial charge on any atom is 0.241 e. The van der Waals surface area contributed by atoms with Crippen LogP contribution in [-0.2, 0) is 0 Å². The van der Waals surface area contributed by atoms with Crippen LogP contribution in [0, 0.1) is 5.82 Å². The molecular weight excluding hydrogens is 295 g/mol. The average Bonchev–Trinajstić information content (AvgIpc) is 2.49. The van der Waals surface area contributed by atoms with Crippen molar-refractivity contribution in [2.24, 2.45) is 5.84 Å². The van der Waals surface area contributed by atoms with E-state index in [0.29, 0.717) is 16.7 Å². The van der Waals surface area contributed by atoms with E-state index in [1.54, 1.807) is 6.07 Å². The minimum Gasteiger partial charge on any atom is -0.437 e. The van der Waals surface area contributed by atoms with Crippen LogP contribution in [0.15, 0.2) is 42.5 Å². The van der Waals surface area contributed by atoms with Crippen molar-refractivity contribution in [2.75, 3.05) is 5.43 Å². The van der Waals surface area contributed by atoms with E-state index in [1.807, 2.05) is 18.2 Å². The lowest BCUT2D eigenvalue weighted by Crippen LogP contribution is -2.11. The second kappa shape index (κ2) is 5.51. The minimum atomic E-state index is -0.441. The van der Waals surface area contributed by atoms with Gasteiger partial charge >= 0.3 is 0 Å². The number of nitrogens with zero attached hydrogens (tertiary/aromatic N) is 2. The highest BCUT2D eigenvalue weighted by Gasteiger charge is 2.11. The zero-order valence-corrected chi connectivity index (χ0v) is 11.4. The molecule has 7 heteroatoms. The Balaban J connectivity index is 2.10. The summed E-state index contributed by atoms with van der Waals surface area (Å²) < 4.78 is 18.7. The summed E-state index contributed by atoms with van der Waals surface area (Å²) in [4.78, 5) is 8.37. The summed E-state index contributed by atoms with van der Waals surface area (Å²) in [7, 11) is 0. The fourth-order valence-corrected chi connectivity index (χ4v) is 2.06. The van der Waals surface area contributed by atoms with E-state index in [-0.39, 0.29) is 16.9 Å². The van der Waals surface area contributed by atoms with E-state index < -0.39 is 5.82 Å². The van der Waals surface area contributed by atoms with Crippen LogP contribution in [0.1, 0.15) is 0 Å². The third kappa shape index (κ3) is 2.72. The van der Waals surface area contributed by atoms with E-state index in [9.17, 15) is 4.39 Å². The molecule has 0 aliphatic carbocycles. The monoisotopic (exact) mass is 304 g/mol. The summed E-state index contributed by atoms with van der Waals surface area (Å²) in [6.07, 6.45) is 0. The first kappa shape index (κ1) is 13.5. The van der Waals surface area contributed by atoms with Crippen molar-refractivity contribution < 1.29 is 9.13 Å². The molecular formula is C14H10ClFN4O. The van der Waals surface area contributed by atoms with Gasteiger partial charge in [0, 0.05) is 0 Å². The molecule has 0 spiro atoms. The predicted molar refractivity (Wildman–Crippen MR) is 78.8 cm³/mol. The van der Waals surface area contributed by atoms with Gasteiger partial charge in [0.05, 0.1) is 15.9 Å². The third-order valence-electron chi connectivity index (χ3n) is 2.80. The largest absolute Gasteiger partial charge is 0.437 e. The number of halogens is 2. The van der Waals surface area contributed by atoms with Gasteiger partial charge < -0.3 is 4.74 Å². The van der Waals surface area contributed by atoms with Crippen LogP contribution < -0.4 is 16.0 Å². The Morgan fingerprint density at radius 3 is 2.71 bits per heavy atom. The molecule has 106 valence electrons. The minimum absolute atomic E-state index is 0.153. The van der Waals surface area contributed by atoms with E-state index >= 15 is 0 Å². The Hall–Kier alpha value is -2.44. The molecule has 1 heterocycles. The van der Waals surface area contributed by atoms with Gasteiger partial charge in [-0.05, 0) is 30.3 Å². The molecule has 0 fully saturated rings. The van der Waals surface area contributed by atoms with E-state index in [1.165, 1.54) is 18.2 Å². The van der Waals surface area contributed by atoms with Crippen molar-refractivity contribution in [3.8, 4) is 11.6 Å². The summed E-state index contributed by atoms with van der Waals surface area (Å²) in [5.41, 5.74) is 3.03. The molecule has 3 aromatic rings. The summed E-state index contributed by atoms with van der Waals surface area (Å²) in [6, 6.07) is 11.1. The lowest BCUT2D eigenvalue weighted by molar-refractivity contribution is 0.467. The van der Waals surface area contributed by atoms with E-state index in [2.05, 4.69) is 15.4 Å². The fourth-order valence-electron chi connectivity index (χ4n) is 1.85. The molecule has 0 bridgehead atoms. The van der Waals surface area contributed by atoms with Crippen LogP contribution in [-0.4, -0.2) is 9.97 Å². The Labute approximate surface area is 124 Å². The fraction of sp³-hybridized carbons (Fsp3) is 0. The van der Waals surface area contributed by atoms with Crippen LogP contribution in [0.4, 0.5) is 10.3 Å². The van der Waals surface area contributed by atoms with Crippen molar-refractivity contribution >= 4 is 28.5 Å². The first-order valence-corrected chi connectivity index (χ1v) is 6.41. The second-order valence-corrected chi connectivity index (χ2v) is 4.60. The molecule has 0 aliphatic rings. The molecule has 0 radical (unpaired) electrons. The zero-order chi connectivity index (χ0) is 14.8. The van der Waals surface area contributed by atoms with Gasteiger partial charge in [-0.2, -0.15) is 4.98 Å².